The van der Waals surface area contributed by atoms with Gasteiger partial charge < -0.3 is 16.4 Å². The van der Waals surface area contributed by atoms with Gasteiger partial charge in [-0.1, -0.05) is 46.8 Å². The molecule has 0 radical (unpaired) electrons. The number of rotatable bonds is 5. The van der Waals surface area contributed by atoms with Crippen molar-refractivity contribution in [3.8, 4) is 0 Å². The third-order valence-corrected chi connectivity index (χ3v) is 3.48. The molecule has 0 aliphatic rings. The van der Waals surface area contributed by atoms with E-state index in [1.54, 1.807) is 0 Å². The Kier molecular flexibility index (Phi) is 6.11. The number of hydrogen-bond donors (Lipinski definition) is 3. The summed E-state index contributed by atoms with van der Waals surface area (Å²) in [7, 11) is 0. The lowest BCUT2D eigenvalue weighted by Crippen LogP contribution is -2.46. The summed E-state index contributed by atoms with van der Waals surface area (Å²) >= 11 is 0. The van der Waals surface area contributed by atoms with E-state index in [-0.39, 0.29) is 29.7 Å². The Labute approximate surface area is 132 Å². The molecular weight excluding hydrogens is 278 g/mol. The summed E-state index contributed by atoms with van der Waals surface area (Å²) in [6.07, 6.45) is 0. The van der Waals surface area contributed by atoms with E-state index in [0.717, 1.165) is 0 Å². The third kappa shape index (κ3) is 5.48. The van der Waals surface area contributed by atoms with E-state index in [1.165, 1.54) is 5.56 Å². The van der Waals surface area contributed by atoms with Crippen LogP contribution in [0.3, 0.4) is 0 Å². The Balaban J connectivity index is 2.51. The number of carbonyl (C=O) groups excluding carboxylic acids is 2. The summed E-state index contributed by atoms with van der Waals surface area (Å²) in [5.74, 6) is -0.547. The number of anilines is 1. The van der Waals surface area contributed by atoms with Gasteiger partial charge in [0.25, 0.3) is 0 Å². The lowest BCUT2D eigenvalue weighted by atomic mass is 9.87. The molecule has 1 aromatic carbocycles. The third-order valence-electron chi connectivity index (χ3n) is 3.48. The smallest absolute Gasteiger partial charge is 0.243 e. The second-order valence-corrected chi connectivity index (χ2v) is 6.86. The first-order valence-corrected chi connectivity index (χ1v) is 7.55. The van der Waals surface area contributed by atoms with Crippen molar-refractivity contribution in [1.29, 1.82) is 0 Å². The fourth-order valence-corrected chi connectivity index (χ4v) is 1.85. The van der Waals surface area contributed by atoms with Gasteiger partial charge in [0.15, 0.2) is 0 Å². The number of nitrogens with two attached hydrogens (primary N) is 1. The van der Waals surface area contributed by atoms with Gasteiger partial charge in [-0.2, -0.15) is 0 Å². The van der Waals surface area contributed by atoms with E-state index >= 15 is 0 Å². The summed E-state index contributed by atoms with van der Waals surface area (Å²) in [5.41, 5.74) is 7.69. The first-order chi connectivity index (χ1) is 10.1. The molecule has 0 saturated carbocycles. The van der Waals surface area contributed by atoms with Gasteiger partial charge in [0.05, 0.1) is 12.6 Å². The van der Waals surface area contributed by atoms with E-state index in [2.05, 4.69) is 31.4 Å². The normalized spacial score (nSPS) is 12.9. The second kappa shape index (κ2) is 7.40. The monoisotopic (exact) mass is 305 g/mol. The summed E-state index contributed by atoms with van der Waals surface area (Å²) < 4.78 is 0. The number of amides is 2. The number of hydrogen-bond acceptors (Lipinski definition) is 3. The molecule has 1 aromatic rings. The summed E-state index contributed by atoms with van der Waals surface area (Å²) in [5, 5.41) is 5.29. The van der Waals surface area contributed by atoms with Gasteiger partial charge in [-0.15, -0.1) is 0 Å². The van der Waals surface area contributed by atoms with Crippen LogP contribution in [0.2, 0.25) is 0 Å². The van der Waals surface area contributed by atoms with Gasteiger partial charge in [-0.05, 0) is 29.0 Å². The lowest BCUT2D eigenvalue weighted by Gasteiger charge is -2.19. The quantitative estimate of drug-likeness (QED) is 0.778. The van der Waals surface area contributed by atoms with Crippen LogP contribution in [0.5, 0.6) is 0 Å². The number of benzene rings is 1. The SMILES string of the molecule is CC(C)[C@H](N)C(=O)NCC(=O)Nc1ccc(C(C)(C)C)cc1. The van der Waals surface area contributed by atoms with Crippen LogP contribution < -0.4 is 16.4 Å². The fourth-order valence-electron chi connectivity index (χ4n) is 1.85. The van der Waals surface area contributed by atoms with Crippen LogP contribution in [-0.2, 0) is 15.0 Å². The average molecular weight is 305 g/mol. The van der Waals surface area contributed by atoms with E-state index in [9.17, 15) is 9.59 Å². The van der Waals surface area contributed by atoms with Crippen LogP contribution in [-0.4, -0.2) is 24.4 Å². The highest BCUT2D eigenvalue weighted by Gasteiger charge is 2.17. The highest BCUT2D eigenvalue weighted by Crippen LogP contribution is 2.23. The molecule has 0 spiro atoms. The first kappa shape index (κ1) is 18.2. The standard InChI is InChI=1S/C17H27N3O2/c1-11(2)15(18)16(22)19-10-14(21)20-13-8-6-12(7-9-13)17(3,4)5/h6-9,11,15H,10,18H2,1-5H3,(H,19,22)(H,20,21)/t15-/m0/s1. The molecule has 122 valence electrons. The molecule has 5 nitrogen and oxygen atoms in total. The van der Waals surface area contributed by atoms with Crippen LogP contribution in [0, 0.1) is 5.92 Å². The van der Waals surface area contributed by atoms with Crippen molar-refractivity contribution in [3.05, 3.63) is 29.8 Å². The van der Waals surface area contributed by atoms with Gasteiger partial charge in [0.2, 0.25) is 11.8 Å². The van der Waals surface area contributed by atoms with Gasteiger partial charge >= 0.3 is 0 Å². The van der Waals surface area contributed by atoms with Crippen molar-refractivity contribution < 1.29 is 9.59 Å². The molecule has 0 fully saturated rings. The van der Waals surface area contributed by atoms with Crippen molar-refractivity contribution in [2.24, 2.45) is 11.7 Å². The zero-order valence-electron chi connectivity index (χ0n) is 14.1. The van der Waals surface area contributed by atoms with Crippen LogP contribution in [0.25, 0.3) is 0 Å². The minimum atomic E-state index is -0.598. The van der Waals surface area contributed by atoms with Crippen molar-refractivity contribution in [1.82, 2.24) is 5.32 Å². The van der Waals surface area contributed by atoms with E-state index in [1.807, 2.05) is 38.1 Å². The van der Waals surface area contributed by atoms with Crippen molar-refractivity contribution in [2.75, 3.05) is 11.9 Å². The van der Waals surface area contributed by atoms with E-state index in [4.69, 9.17) is 5.73 Å². The maximum absolute atomic E-state index is 11.8. The highest BCUT2D eigenvalue weighted by atomic mass is 16.2. The summed E-state index contributed by atoms with van der Waals surface area (Å²) in [4.78, 5) is 23.5. The van der Waals surface area contributed by atoms with E-state index in [0.29, 0.717) is 5.69 Å². The number of nitrogens with one attached hydrogen (secondary N) is 2. The van der Waals surface area contributed by atoms with Gasteiger partial charge in [0, 0.05) is 5.69 Å². The molecule has 0 aliphatic carbocycles. The summed E-state index contributed by atoms with van der Waals surface area (Å²) in [6, 6.07) is 7.10. The molecule has 1 rings (SSSR count). The Morgan fingerprint density at radius 2 is 1.68 bits per heavy atom. The highest BCUT2D eigenvalue weighted by molar-refractivity contribution is 5.95. The molecule has 1 atom stereocenters. The van der Waals surface area contributed by atoms with Crippen LogP contribution >= 0.6 is 0 Å². The first-order valence-electron chi connectivity index (χ1n) is 7.55. The minimum absolute atomic E-state index is 0.0352. The van der Waals surface area contributed by atoms with Gasteiger partial charge in [-0.3, -0.25) is 9.59 Å². The molecule has 5 heteroatoms. The molecule has 2 amide bonds. The molecule has 0 aromatic heterocycles. The van der Waals surface area contributed by atoms with E-state index < -0.39 is 6.04 Å². The molecule has 0 bridgehead atoms. The molecule has 0 aliphatic heterocycles. The number of carbonyl (C=O) groups is 2. The van der Waals surface area contributed by atoms with Crippen LogP contribution in [0.15, 0.2) is 24.3 Å². The Hall–Kier alpha value is -1.88. The molecule has 0 heterocycles. The predicted molar refractivity (Wildman–Crippen MR) is 89.6 cm³/mol. The largest absolute Gasteiger partial charge is 0.346 e. The van der Waals surface area contributed by atoms with Crippen molar-refractivity contribution >= 4 is 17.5 Å². The topological polar surface area (TPSA) is 84.2 Å². The summed E-state index contributed by atoms with van der Waals surface area (Å²) in [6.45, 7) is 10.0. The zero-order chi connectivity index (χ0) is 16.9. The van der Waals surface area contributed by atoms with Crippen LogP contribution in [0.1, 0.15) is 40.2 Å². The zero-order valence-corrected chi connectivity index (χ0v) is 14.1. The Morgan fingerprint density at radius 1 is 1.14 bits per heavy atom. The molecule has 22 heavy (non-hydrogen) atoms. The molecule has 0 saturated heterocycles. The average Bonchev–Trinajstić information content (AvgIpc) is 2.43. The lowest BCUT2D eigenvalue weighted by molar-refractivity contribution is -0.125. The maximum atomic E-state index is 11.8. The van der Waals surface area contributed by atoms with Crippen molar-refractivity contribution in [3.63, 3.8) is 0 Å². The molecule has 0 unspecified atom stereocenters. The predicted octanol–water partition coefficient (Wildman–Crippen LogP) is 2.02. The Morgan fingerprint density at radius 3 is 2.14 bits per heavy atom. The van der Waals surface area contributed by atoms with Gasteiger partial charge in [0.1, 0.15) is 0 Å². The molecule has 4 N–H and O–H groups in total. The second-order valence-electron chi connectivity index (χ2n) is 6.86. The van der Waals surface area contributed by atoms with Crippen LogP contribution in [0.4, 0.5) is 5.69 Å². The molecular formula is C17H27N3O2. The Bertz CT molecular complexity index is 516. The van der Waals surface area contributed by atoms with Gasteiger partial charge in [-0.25, -0.2) is 0 Å². The van der Waals surface area contributed by atoms with Crippen molar-refractivity contribution in [2.45, 2.75) is 46.1 Å². The fraction of sp³-hybridized carbons (Fsp3) is 0.529. The minimum Gasteiger partial charge on any atom is -0.346 e. The maximum Gasteiger partial charge on any atom is 0.243 e.